The Balaban J connectivity index is 1.83. The lowest BCUT2D eigenvalue weighted by Crippen LogP contribution is -2.42. The highest BCUT2D eigenvalue weighted by atomic mass is 19.1. The molecule has 1 saturated heterocycles. The average molecular weight is 293 g/mol. The predicted molar refractivity (Wildman–Crippen MR) is 77.1 cm³/mol. The minimum Gasteiger partial charge on any atom is -0.341 e. The van der Waals surface area contributed by atoms with Crippen LogP contribution in [0.4, 0.5) is 9.18 Å². The maximum Gasteiger partial charge on any atom is 0.317 e. The molecular formula is C15H20FN3O2. The third-order valence-electron chi connectivity index (χ3n) is 3.59. The Hall–Kier alpha value is -2.11. The molecule has 6 heteroatoms. The molecular weight excluding hydrogens is 273 g/mol. The molecule has 0 unspecified atom stereocenters. The van der Waals surface area contributed by atoms with Gasteiger partial charge in [0.15, 0.2) is 0 Å². The highest BCUT2D eigenvalue weighted by Crippen LogP contribution is 2.05. The SMILES string of the molecule is CC(=O)N1CCCN(C(=O)NCc2ccc(F)cc2)CC1. The van der Waals surface area contributed by atoms with Crippen molar-refractivity contribution in [3.63, 3.8) is 0 Å². The molecule has 1 aromatic carbocycles. The van der Waals surface area contributed by atoms with E-state index in [0.29, 0.717) is 32.7 Å². The number of hydrogen-bond donors (Lipinski definition) is 1. The molecule has 2 rings (SSSR count). The van der Waals surface area contributed by atoms with E-state index >= 15 is 0 Å². The van der Waals surface area contributed by atoms with E-state index < -0.39 is 0 Å². The molecule has 0 bridgehead atoms. The van der Waals surface area contributed by atoms with Crippen LogP contribution < -0.4 is 5.32 Å². The van der Waals surface area contributed by atoms with Gasteiger partial charge in [-0.05, 0) is 24.1 Å². The van der Waals surface area contributed by atoms with Crippen molar-refractivity contribution in [2.45, 2.75) is 19.9 Å². The monoisotopic (exact) mass is 293 g/mol. The first-order valence-corrected chi connectivity index (χ1v) is 7.09. The van der Waals surface area contributed by atoms with Gasteiger partial charge in [0.1, 0.15) is 5.82 Å². The first-order chi connectivity index (χ1) is 10.1. The Bertz CT molecular complexity index is 504. The lowest BCUT2D eigenvalue weighted by molar-refractivity contribution is -0.128. The Kier molecular flexibility index (Phi) is 5.14. The van der Waals surface area contributed by atoms with Crippen molar-refractivity contribution in [3.8, 4) is 0 Å². The first kappa shape index (κ1) is 15.3. The van der Waals surface area contributed by atoms with Gasteiger partial charge in [-0.1, -0.05) is 12.1 Å². The van der Waals surface area contributed by atoms with Gasteiger partial charge in [0.2, 0.25) is 5.91 Å². The van der Waals surface area contributed by atoms with Crippen LogP contribution in [0.25, 0.3) is 0 Å². The fourth-order valence-electron chi connectivity index (χ4n) is 2.33. The summed E-state index contributed by atoms with van der Waals surface area (Å²) in [5, 5.41) is 2.82. The van der Waals surface area contributed by atoms with E-state index in [1.807, 2.05) is 0 Å². The van der Waals surface area contributed by atoms with Gasteiger partial charge in [-0.15, -0.1) is 0 Å². The largest absolute Gasteiger partial charge is 0.341 e. The van der Waals surface area contributed by atoms with Crippen molar-refractivity contribution in [2.75, 3.05) is 26.2 Å². The fourth-order valence-corrected chi connectivity index (χ4v) is 2.33. The molecule has 0 aromatic heterocycles. The number of nitrogens with one attached hydrogen (secondary N) is 1. The molecule has 21 heavy (non-hydrogen) atoms. The molecule has 1 N–H and O–H groups in total. The van der Waals surface area contributed by atoms with Crippen molar-refractivity contribution >= 4 is 11.9 Å². The highest BCUT2D eigenvalue weighted by molar-refractivity contribution is 5.75. The zero-order valence-corrected chi connectivity index (χ0v) is 12.1. The van der Waals surface area contributed by atoms with Crippen molar-refractivity contribution in [2.24, 2.45) is 0 Å². The van der Waals surface area contributed by atoms with Gasteiger partial charge in [-0.25, -0.2) is 9.18 Å². The van der Waals surface area contributed by atoms with Gasteiger partial charge >= 0.3 is 6.03 Å². The molecule has 1 fully saturated rings. The smallest absolute Gasteiger partial charge is 0.317 e. The third kappa shape index (κ3) is 4.44. The topological polar surface area (TPSA) is 52.7 Å². The minimum absolute atomic E-state index is 0.0450. The van der Waals surface area contributed by atoms with Crippen LogP contribution in [0, 0.1) is 5.82 Å². The van der Waals surface area contributed by atoms with Gasteiger partial charge < -0.3 is 15.1 Å². The van der Waals surface area contributed by atoms with Crippen LogP contribution in [0.5, 0.6) is 0 Å². The van der Waals surface area contributed by atoms with Crippen LogP contribution in [0.2, 0.25) is 0 Å². The van der Waals surface area contributed by atoms with Crippen molar-refractivity contribution in [3.05, 3.63) is 35.6 Å². The maximum atomic E-state index is 12.8. The number of carbonyl (C=O) groups is 2. The average Bonchev–Trinajstić information content (AvgIpc) is 2.72. The van der Waals surface area contributed by atoms with Crippen LogP contribution >= 0.6 is 0 Å². The van der Waals surface area contributed by atoms with E-state index in [9.17, 15) is 14.0 Å². The zero-order valence-electron chi connectivity index (χ0n) is 12.1. The van der Waals surface area contributed by atoms with Gasteiger partial charge in [0.25, 0.3) is 0 Å². The summed E-state index contributed by atoms with van der Waals surface area (Å²) < 4.78 is 12.8. The number of urea groups is 1. The first-order valence-electron chi connectivity index (χ1n) is 7.09. The molecule has 0 radical (unpaired) electrons. The number of amides is 3. The van der Waals surface area contributed by atoms with Gasteiger partial charge in [-0.3, -0.25) is 4.79 Å². The molecule has 114 valence electrons. The number of hydrogen-bond acceptors (Lipinski definition) is 2. The Morgan fingerprint density at radius 1 is 1.10 bits per heavy atom. The molecule has 0 aliphatic carbocycles. The van der Waals surface area contributed by atoms with Crippen LogP contribution in [0.3, 0.4) is 0 Å². The second-order valence-corrected chi connectivity index (χ2v) is 5.13. The summed E-state index contributed by atoms with van der Waals surface area (Å²) >= 11 is 0. The standard InChI is InChI=1S/C15H20FN3O2/c1-12(20)18-7-2-8-19(10-9-18)15(21)17-11-13-3-5-14(16)6-4-13/h3-6H,2,7-11H2,1H3,(H,17,21). The Morgan fingerprint density at radius 2 is 1.71 bits per heavy atom. The molecule has 3 amide bonds. The van der Waals surface area contributed by atoms with Crippen molar-refractivity contribution < 1.29 is 14.0 Å². The quantitative estimate of drug-likeness (QED) is 0.900. The van der Waals surface area contributed by atoms with Gasteiger partial charge in [0.05, 0.1) is 0 Å². The lowest BCUT2D eigenvalue weighted by atomic mass is 10.2. The molecule has 0 saturated carbocycles. The van der Waals surface area contributed by atoms with E-state index in [0.717, 1.165) is 12.0 Å². The highest BCUT2D eigenvalue weighted by Gasteiger charge is 2.19. The summed E-state index contributed by atoms with van der Waals surface area (Å²) in [5.74, 6) is -0.245. The molecule has 0 spiro atoms. The Morgan fingerprint density at radius 3 is 2.38 bits per heavy atom. The summed E-state index contributed by atoms with van der Waals surface area (Å²) in [7, 11) is 0. The van der Waals surface area contributed by atoms with E-state index in [2.05, 4.69) is 5.32 Å². The van der Waals surface area contributed by atoms with Gasteiger partial charge in [-0.2, -0.15) is 0 Å². The molecule has 1 aliphatic rings. The fraction of sp³-hybridized carbons (Fsp3) is 0.467. The Labute approximate surface area is 123 Å². The normalized spacial score (nSPS) is 15.5. The zero-order chi connectivity index (χ0) is 15.2. The minimum atomic E-state index is -0.290. The summed E-state index contributed by atoms with van der Waals surface area (Å²) in [4.78, 5) is 26.9. The summed E-state index contributed by atoms with van der Waals surface area (Å²) in [6.07, 6.45) is 0.781. The second-order valence-electron chi connectivity index (χ2n) is 5.13. The van der Waals surface area contributed by atoms with E-state index in [1.165, 1.54) is 12.1 Å². The van der Waals surface area contributed by atoms with Crippen molar-refractivity contribution in [1.29, 1.82) is 0 Å². The van der Waals surface area contributed by atoms with Gasteiger partial charge in [0, 0.05) is 39.6 Å². The summed E-state index contributed by atoms with van der Waals surface area (Å²) in [6.45, 7) is 4.35. The van der Waals surface area contributed by atoms with E-state index in [-0.39, 0.29) is 17.8 Å². The predicted octanol–water partition coefficient (Wildman–Crippen LogP) is 1.59. The van der Waals surface area contributed by atoms with Crippen molar-refractivity contribution in [1.82, 2.24) is 15.1 Å². The second kappa shape index (κ2) is 7.06. The molecule has 1 aromatic rings. The molecule has 5 nitrogen and oxygen atoms in total. The van der Waals surface area contributed by atoms with E-state index in [4.69, 9.17) is 0 Å². The summed E-state index contributed by atoms with van der Waals surface area (Å²) in [6, 6.07) is 5.89. The lowest BCUT2D eigenvalue weighted by Gasteiger charge is -2.21. The number of rotatable bonds is 2. The summed E-state index contributed by atoms with van der Waals surface area (Å²) in [5.41, 5.74) is 0.852. The number of nitrogens with zero attached hydrogens (tertiary/aromatic N) is 2. The number of halogens is 1. The number of benzene rings is 1. The molecule has 1 heterocycles. The van der Waals surface area contributed by atoms with E-state index in [1.54, 1.807) is 28.9 Å². The van der Waals surface area contributed by atoms with Crippen LogP contribution in [0.1, 0.15) is 18.9 Å². The molecule has 1 aliphatic heterocycles. The maximum absolute atomic E-state index is 12.8. The van der Waals surface area contributed by atoms with Crippen LogP contribution in [0.15, 0.2) is 24.3 Å². The van der Waals surface area contributed by atoms with Crippen LogP contribution in [-0.4, -0.2) is 47.9 Å². The molecule has 0 atom stereocenters. The third-order valence-corrected chi connectivity index (χ3v) is 3.59. The van der Waals surface area contributed by atoms with Crippen LogP contribution in [-0.2, 0) is 11.3 Å². The number of carbonyl (C=O) groups excluding carboxylic acids is 2.